The van der Waals surface area contributed by atoms with Gasteiger partial charge in [0.05, 0.1) is 11.3 Å². The van der Waals surface area contributed by atoms with Crippen molar-refractivity contribution < 1.29 is 26.4 Å². The van der Waals surface area contributed by atoms with Gasteiger partial charge in [0.1, 0.15) is 5.25 Å². The summed E-state index contributed by atoms with van der Waals surface area (Å²) < 4.78 is 62.8. The zero-order valence-corrected chi connectivity index (χ0v) is 14.1. The lowest BCUT2D eigenvalue weighted by Gasteiger charge is -2.17. The highest BCUT2D eigenvalue weighted by molar-refractivity contribution is 7.92. The Morgan fingerprint density at radius 3 is 2.50 bits per heavy atom. The van der Waals surface area contributed by atoms with Gasteiger partial charge in [0.2, 0.25) is 5.91 Å². The first-order valence-electron chi connectivity index (χ1n) is 7.77. The summed E-state index contributed by atoms with van der Waals surface area (Å²) in [7, 11) is -3.90. The molecule has 1 unspecified atom stereocenters. The molecule has 24 heavy (non-hydrogen) atoms. The summed E-state index contributed by atoms with van der Waals surface area (Å²) in [5.74, 6) is -1.19. The molecule has 1 aromatic carbocycles. The van der Waals surface area contributed by atoms with E-state index in [9.17, 15) is 26.4 Å². The van der Waals surface area contributed by atoms with E-state index in [1.165, 1.54) is 13.0 Å². The highest BCUT2D eigenvalue weighted by Gasteiger charge is 2.33. The lowest BCUT2D eigenvalue weighted by molar-refractivity contribution is -0.137. The molecule has 0 spiro atoms. The first kappa shape index (κ1) is 18.8. The molecule has 0 aliphatic heterocycles. The molecule has 1 N–H and O–H groups in total. The molecule has 2 rings (SSSR count). The van der Waals surface area contributed by atoms with Crippen molar-refractivity contribution in [1.29, 1.82) is 0 Å². The molecule has 4 nitrogen and oxygen atoms in total. The van der Waals surface area contributed by atoms with Crippen LogP contribution in [0.25, 0.3) is 0 Å². The number of halogens is 3. The minimum atomic E-state index is -4.54. The highest BCUT2D eigenvalue weighted by Crippen LogP contribution is 2.30. The Kier molecular flexibility index (Phi) is 5.57. The molecule has 0 aromatic heterocycles. The first-order chi connectivity index (χ1) is 11.1. The van der Waals surface area contributed by atoms with Crippen LogP contribution in [0.1, 0.15) is 43.7 Å². The van der Waals surface area contributed by atoms with Gasteiger partial charge in [0.25, 0.3) is 0 Å². The van der Waals surface area contributed by atoms with Crippen LogP contribution in [0, 0.1) is 0 Å². The van der Waals surface area contributed by atoms with Crippen molar-refractivity contribution in [2.75, 3.05) is 0 Å². The smallest absolute Gasteiger partial charge is 0.352 e. The molecule has 134 valence electrons. The zero-order valence-electron chi connectivity index (χ0n) is 13.3. The standard InChI is InChI=1S/C16H20F3NO3S/c1-11(15(21)20-14-7-2-3-8-14)24(22,23)10-12-5-4-6-13(9-12)16(17,18)19/h4-6,9,11,14H,2-3,7-8,10H2,1H3,(H,20,21). The summed E-state index contributed by atoms with van der Waals surface area (Å²) in [6, 6.07) is 4.15. The van der Waals surface area contributed by atoms with E-state index in [0.29, 0.717) is 0 Å². The number of alkyl halides is 3. The van der Waals surface area contributed by atoms with Gasteiger partial charge in [-0.05, 0) is 31.4 Å². The van der Waals surface area contributed by atoms with Gasteiger partial charge in [-0.25, -0.2) is 8.42 Å². The average molecular weight is 363 g/mol. The monoisotopic (exact) mass is 363 g/mol. The number of hydrogen-bond acceptors (Lipinski definition) is 3. The second-order valence-corrected chi connectivity index (χ2v) is 8.46. The molecule has 1 aromatic rings. The largest absolute Gasteiger partial charge is 0.416 e. The van der Waals surface area contributed by atoms with E-state index in [2.05, 4.69) is 5.32 Å². The Balaban J connectivity index is 2.08. The third-order valence-electron chi connectivity index (χ3n) is 4.23. The quantitative estimate of drug-likeness (QED) is 0.874. The molecule has 1 aliphatic carbocycles. The molecular weight excluding hydrogens is 343 g/mol. The van der Waals surface area contributed by atoms with Gasteiger partial charge in [0, 0.05) is 6.04 Å². The van der Waals surface area contributed by atoms with Crippen LogP contribution in [0.5, 0.6) is 0 Å². The second-order valence-electron chi connectivity index (χ2n) is 6.14. The number of amides is 1. The molecule has 0 saturated heterocycles. The number of carbonyl (C=O) groups is 1. The number of hydrogen-bond donors (Lipinski definition) is 1. The maximum atomic E-state index is 12.7. The predicted octanol–water partition coefficient (Wildman–Crippen LogP) is 3.07. The fourth-order valence-electron chi connectivity index (χ4n) is 2.75. The predicted molar refractivity (Wildman–Crippen MR) is 83.9 cm³/mol. The van der Waals surface area contributed by atoms with Crippen LogP contribution in [0.2, 0.25) is 0 Å². The van der Waals surface area contributed by atoms with E-state index in [1.807, 2.05) is 0 Å². The van der Waals surface area contributed by atoms with E-state index in [4.69, 9.17) is 0 Å². The van der Waals surface area contributed by atoms with E-state index in [-0.39, 0.29) is 11.6 Å². The van der Waals surface area contributed by atoms with E-state index < -0.39 is 38.5 Å². The minimum Gasteiger partial charge on any atom is -0.352 e. The average Bonchev–Trinajstić information content (AvgIpc) is 2.98. The molecule has 0 radical (unpaired) electrons. The third-order valence-corrected chi connectivity index (χ3v) is 6.26. The Morgan fingerprint density at radius 2 is 1.92 bits per heavy atom. The summed E-state index contributed by atoms with van der Waals surface area (Å²) in [6.45, 7) is 1.27. The summed E-state index contributed by atoms with van der Waals surface area (Å²) in [6.07, 6.45) is -0.893. The van der Waals surface area contributed by atoms with E-state index >= 15 is 0 Å². The minimum absolute atomic E-state index is 0.0105. The molecule has 8 heteroatoms. The number of sulfone groups is 1. The van der Waals surface area contributed by atoms with Crippen LogP contribution in [-0.4, -0.2) is 25.6 Å². The van der Waals surface area contributed by atoms with E-state index in [1.54, 1.807) is 0 Å². The Hall–Kier alpha value is -1.57. The SMILES string of the molecule is CC(C(=O)NC1CCCC1)S(=O)(=O)Cc1cccc(C(F)(F)F)c1. The molecule has 1 fully saturated rings. The number of nitrogens with one attached hydrogen (secondary N) is 1. The lowest BCUT2D eigenvalue weighted by Crippen LogP contribution is -2.42. The molecule has 0 bridgehead atoms. The van der Waals surface area contributed by atoms with Crippen LogP contribution in [0.4, 0.5) is 13.2 Å². The van der Waals surface area contributed by atoms with Crippen molar-refractivity contribution >= 4 is 15.7 Å². The number of rotatable bonds is 5. The molecule has 1 amide bonds. The van der Waals surface area contributed by atoms with Gasteiger partial charge in [-0.2, -0.15) is 13.2 Å². The van der Waals surface area contributed by atoms with Crippen molar-refractivity contribution in [3.8, 4) is 0 Å². The van der Waals surface area contributed by atoms with Gasteiger partial charge in [-0.1, -0.05) is 31.0 Å². The summed E-state index contributed by atoms with van der Waals surface area (Å²) in [4.78, 5) is 12.1. The maximum Gasteiger partial charge on any atom is 0.416 e. The zero-order chi connectivity index (χ0) is 18.0. The number of carbonyl (C=O) groups excluding carboxylic acids is 1. The molecule has 1 aliphatic rings. The summed E-state index contributed by atoms with van der Waals surface area (Å²) >= 11 is 0. The van der Waals surface area contributed by atoms with Gasteiger partial charge in [-0.3, -0.25) is 4.79 Å². The van der Waals surface area contributed by atoms with Gasteiger partial charge < -0.3 is 5.32 Å². The lowest BCUT2D eigenvalue weighted by atomic mass is 10.1. The van der Waals surface area contributed by atoms with E-state index in [0.717, 1.165) is 43.9 Å². The van der Waals surface area contributed by atoms with Crippen molar-refractivity contribution in [2.45, 2.75) is 55.8 Å². The van der Waals surface area contributed by atoms with Crippen molar-refractivity contribution in [3.63, 3.8) is 0 Å². The van der Waals surface area contributed by atoms with Gasteiger partial charge in [0.15, 0.2) is 9.84 Å². The second kappa shape index (κ2) is 7.13. The van der Waals surface area contributed by atoms with Gasteiger partial charge in [-0.15, -0.1) is 0 Å². The van der Waals surface area contributed by atoms with Crippen LogP contribution in [0.3, 0.4) is 0 Å². The Bertz CT molecular complexity index is 695. The third kappa shape index (κ3) is 4.72. The Labute approximate surface area is 139 Å². The number of benzene rings is 1. The summed E-state index contributed by atoms with van der Waals surface area (Å²) in [5, 5.41) is 1.41. The van der Waals surface area contributed by atoms with Crippen LogP contribution in [-0.2, 0) is 26.6 Å². The van der Waals surface area contributed by atoms with Crippen molar-refractivity contribution in [3.05, 3.63) is 35.4 Å². The van der Waals surface area contributed by atoms with Crippen LogP contribution in [0.15, 0.2) is 24.3 Å². The maximum absolute atomic E-state index is 12.7. The van der Waals surface area contributed by atoms with Crippen molar-refractivity contribution in [1.82, 2.24) is 5.32 Å². The van der Waals surface area contributed by atoms with Crippen molar-refractivity contribution in [2.24, 2.45) is 0 Å². The highest BCUT2D eigenvalue weighted by atomic mass is 32.2. The molecule has 0 heterocycles. The summed E-state index contributed by atoms with van der Waals surface area (Å²) in [5.41, 5.74) is -0.886. The Morgan fingerprint density at radius 1 is 1.29 bits per heavy atom. The van der Waals surface area contributed by atoms with Crippen LogP contribution < -0.4 is 5.32 Å². The molecule has 1 atom stereocenters. The molecule has 1 saturated carbocycles. The van der Waals surface area contributed by atoms with Crippen LogP contribution >= 0.6 is 0 Å². The molecular formula is C16H20F3NO3S. The topological polar surface area (TPSA) is 63.2 Å². The fraction of sp³-hybridized carbons (Fsp3) is 0.562. The fourth-order valence-corrected chi connectivity index (χ4v) is 4.03. The van der Waals surface area contributed by atoms with Gasteiger partial charge >= 0.3 is 6.18 Å². The normalized spacial score (nSPS) is 17.7. The first-order valence-corrected chi connectivity index (χ1v) is 9.49.